The Kier molecular flexibility index (Phi) is 7.70. The number of benzene rings is 8. The quantitative estimate of drug-likeness (QED) is 0.165. The van der Waals surface area contributed by atoms with E-state index in [1.54, 1.807) is 0 Å². The lowest BCUT2D eigenvalue weighted by Crippen LogP contribution is -2.32. The Morgan fingerprint density at radius 1 is 0.362 bits per heavy atom. The van der Waals surface area contributed by atoms with Crippen molar-refractivity contribution in [2.45, 2.75) is 5.41 Å². The Balaban J connectivity index is 1.06. The highest BCUT2D eigenvalue weighted by Gasteiger charge is 2.51. The molecule has 8 aromatic carbocycles. The van der Waals surface area contributed by atoms with Crippen LogP contribution in [0.1, 0.15) is 22.3 Å². The van der Waals surface area contributed by atoms with Gasteiger partial charge >= 0.3 is 0 Å². The van der Waals surface area contributed by atoms with E-state index in [2.05, 4.69) is 108 Å². The van der Waals surface area contributed by atoms with Crippen LogP contribution in [-0.4, -0.2) is 15.0 Å². The lowest BCUT2D eigenvalue weighted by atomic mass is 9.65. The monoisotopic (exact) mass is 740 g/mol. The Bertz CT molecular complexity index is 3020. The summed E-state index contributed by atoms with van der Waals surface area (Å²) in [6.07, 6.45) is 0. The fourth-order valence-corrected chi connectivity index (χ4v) is 8.74. The van der Waals surface area contributed by atoms with Crippen LogP contribution in [0.4, 0.5) is 5.69 Å². The SMILES string of the molecule is [C-]#[N+]c1ccc(-c2ccc3c(c2)C2(c4ccccc4O3)c3ccccc3-c3ccc(-c4ccc(-c5nc(-c6ccccc6)nc(-c6ccccc6)n5)cc4)cc32)cc1. The number of hydrogen-bond donors (Lipinski definition) is 0. The van der Waals surface area contributed by atoms with Gasteiger partial charge in [0.2, 0.25) is 0 Å². The van der Waals surface area contributed by atoms with Gasteiger partial charge in [-0.2, -0.15) is 0 Å². The van der Waals surface area contributed by atoms with E-state index in [0.29, 0.717) is 23.2 Å². The van der Waals surface area contributed by atoms with Crippen molar-refractivity contribution in [3.8, 4) is 79.0 Å². The summed E-state index contributed by atoms with van der Waals surface area (Å²) in [6.45, 7) is 7.46. The van der Waals surface area contributed by atoms with E-state index in [1.807, 2.05) is 91.0 Å². The van der Waals surface area contributed by atoms with E-state index in [4.69, 9.17) is 26.3 Å². The smallest absolute Gasteiger partial charge is 0.187 e. The second-order valence-corrected chi connectivity index (χ2v) is 14.6. The predicted octanol–water partition coefficient (Wildman–Crippen LogP) is 13.2. The maximum absolute atomic E-state index is 7.46. The third kappa shape index (κ3) is 5.27. The molecule has 58 heavy (non-hydrogen) atoms. The van der Waals surface area contributed by atoms with Crippen LogP contribution in [-0.2, 0) is 5.41 Å². The van der Waals surface area contributed by atoms with Crippen LogP contribution in [0, 0.1) is 6.57 Å². The summed E-state index contributed by atoms with van der Waals surface area (Å²) in [7, 11) is 0. The molecule has 0 saturated heterocycles. The molecule has 0 fully saturated rings. The topological polar surface area (TPSA) is 52.3 Å². The van der Waals surface area contributed by atoms with Crippen molar-refractivity contribution in [3.63, 3.8) is 0 Å². The molecule has 5 heteroatoms. The molecule has 11 rings (SSSR count). The molecule has 1 unspecified atom stereocenters. The Morgan fingerprint density at radius 2 is 0.810 bits per heavy atom. The average molecular weight is 741 g/mol. The van der Waals surface area contributed by atoms with Gasteiger partial charge in [-0.1, -0.05) is 170 Å². The van der Waals surface area contributed by atoms with Crippen molar-refractivity contribution in [1.29, 1.82) is 0 Å². The average Bonchev–Trinajstić information content (AvgIpc) is 3.59. The number of ether oxygens (including phenoxy) is 1. The number of rotatable bonds is 5. The van der Waals surface area contributed by atoms with Crippen molar-refractivity contribution in [2.24, 2.45) is 0 Å². The van der Waals surface area contributed by atoms with Crippen molar-refractivity contribution >= 4 is 5.69 Å². The number of aromatic nitrogens is 3. The molecule has 0 saturated carbocycles. The molecule has 0 bridgehead atoms. The van der Waals surface area contributed by atoms with Crippen LogP contribution >= 0.6 is 0 Å². The molecule has 1 atom stereocenters. The van der Waals surface area contributed by atoms with Gasteiger partial charge in [0.25, 0.3) is 0 Å². The van der Waals surface area contributed by atoms with Gasteiger partial charge in [0.05, 0.1) is 12.0 Å². The van der Waals surface area contributed by atoms with E-state index < -0.39 is 5.41 Å². The van der Waals surface area contributed by atoms with E-state index in [-0.39, 0.29) is 0 Å². The fourth-order valence-electron chi connectivity index (χ4n) is 8.74. The van der Waals surface area contributed by atoms with Crippen molar-refractivity contribution in [3.05, 3.63) is 228 Å². The summed E-state index contributed by atoms with van der Waals surface area (Å²) in [5.74, 6) is 3.58. The van der Waals surface area contributed by atoms with Gasteiger partial charge in [0.15, 0.2) is 23.2 Å². The minimum atomic E-state index is -0.634. The molecule has 9 aromatic rings. The van der Waals surface area contributed by atoms with Gasteiger partial charge in [-0.25, -0.2) is 19.8 Å². The zero-order valence-corrected chi connectivity index (χ0v) is 31.2. The van der Waals surface area contributed by atoms with Gasteiger partial charge in [-0.05, 0) is 68.8 Å². The highest BCUT2D eigenvalue weighted by atomic mass is 16.5. The number of nitrogens with zero attached hydrogens (tertiary/aromatic N) is 4. The maximum atomic E-state index is 7.46. The van der Waals surface area contributed by atoms with Gasteiger partial charge in [0, 0.05) is 27.8 Å². The van der Waals surface area contributed by atoms with E-state index in [9.17, 15) is 0 Å². The molecule has 2 heterocycles. The van der Waals surface area contributed by atoms with Gasteiger partial charge in [-0.15, -0.1) is 0 Å². The Hall–Kier alpha value is -7.94. The highest BCUT2D eigenvalue weighted by Crippen LogP contribution is 2.62. The zero-order valence-electron chi connectivity index (χ0n) is 31.2. The molecule has 0 radical (unpaired) electrons. The predicted molar refractivity (Wildman–Crippen MR) is 231 cm³/mol. The highest BCUT2D eigenvalue weighted by molar-refractivity contribution is 5.91. The number of para-hydroxylation sites is 1. The molecular formula is C53H32N4O. The third-order valence-corrected chi connectivity index (χ3v) is 11.4. The van der Waals surface area contributed by atoms with E-state index >= 15 is 0 Å². The molecule has 1 aromatic heterocycles. The Labute approximate surface area is 336 Å². The van der Waals surface area contributed by atoms with E-state index in [1.165, 1.54) is 22.3 Å². The van der Waals surface area contributed by atoms with Crippen LogP contribution in [0.15, 0.2) is 194 Å². The first-order valence-corrected chi connectivity index (χ1v) is 19.3. The van der Waals surface area contributed by atoms with Crippen molar-refractivity contribution < 1.29 is 4.74 Å². The zero-order chi connectivity index (χ0) is 38.6. The second-order valence-electron chi connectivity index (χ2n) is 14.6. The third-order valence-electron chi connectivity index (χ3n) is 11.4. The number of fused-ring (bicyclic) bond motifs is 9. The van der Waals surface area contributed by atoms with Crippen LogP contribution in [0.2, 0.25) is 0 Å². The molecule has 1 spiro atoms. The van der Waals surface area contributed by atoms with Gasteiger partial charge < -0.3 is 4.74 Å². The standard InChI is InChI=1S/C53H32N4O/c1-54-41-28-24-35(25-29-41)40-27-31-49-47(33-40)53(45-18-10-11-19-48(45)58-49)44-17-9-8-16-42(44)43-30-26-39(32-46(43)53)34-20-22-38(23-21-34)52-56-50(36-12-4-2-5-13-36)55-51(57-52)37-14-6-3-7-15-37/h2-33H. The molecular weight excluding hydrogens is 709 g/mol. The normalized spacial score (nSPS) is 14.4. The lowest BCUT2D eigenvalue weighted by Gasteiger charge is -2.39. The summed E-state index contributed by atoms with van der Waals surface area (Å²) in [5, 5.41) is 0. The first-order chi connectivity index (χ1) is 28.7. The molecule has 270 valence electrons. The van der Waals surface area contributed by atoms with Gasteiger partial charge in [-0.3, -0.25) is 0 Å². The van der Waals surface area contributed by atoms with Crippen LogP contribution < -0.4 is 4.74 Å². The molecule has 2 aliphatic rings. The van der Waals surface area contributed by atoms with E-state index in [0.717, 1.165) is 61.6 Å². The molecule has 1 aliphatic heterocycles. The summed E-state index contributed by atoms with van der Waals surface area (Å²) < 4.78 is 6.71. The van der Waals surface area contributed by atoms with Crippen molar-refractivity contribution in [1.82, 2.24) is 15.0 Å². The van der Waals surface area contributed by atoms with Crippen LogP contribution in [0.3, 0.4) is 0 Å². The minimum absolute atomic E-state index is 0.622. The van der Waals surface area contributed by atoms with Gasteiger partial charge in [0.1, 0.15) is 11.5 Å². The molecule has 0 amide bonds. The molecule has 5 nitrogen and oxygen atoms in total. The lowest BCUT2D eigenvalue weighted by molar-refractivity contribution is 0.436. The first-order valence-electron chi connectivity index (χ1n) is 19.3. The maximum Gasteiger partial charge on any atom is 0.187 e. The fraction of sp³-hybridized carbons (Fsp3) is 0.0189. The Morgan fingerprint density at radius 3 is 1.45 bits per heavy atom. The van der Waals surface area contributed by atoms with Crippen molar-refractivity contribution in [2.75, 3.05) is 0 Å². The first kappa shape index (κ1) is 33.4. The van der Waals surface area contributed by atoms with Crippen LogP contribution in [0.25, 0.3) is 72.4 Å². The molecule has 1 aliphatic carbocycles. The van der Waals surface area contributed by atoms with Crippen LogP contribution in [0.5, 0.6) is 11.5 Å². The largest absolute Gasteiger partial charge is 0.457 e. The summed E-state index contributed by atoms with van der Waals surface area (Å²) >= 11 is 0. The summed E-state index contributed by atoms with van der Waals surface area (Å²) in [6, 6.07) is 67.1. The number of hydrogen-bond acceptors (Lipinski definition) is 4. The second kappa shape index (κ2) is 13.4. The minimum Gasteiger partial charge on any atom is -0.457 e. The molecule has 0 N–H and O–H groups in total. The summed E-state index contributed by atoms with van der Waals surface area (Å²) in [5.41, 5.74) is 14.2. The summed E-state index contributed by atoms with van der Waals surface area (Å²) in [4.78, 5) is 18.4.